The smallest absolute Gasteiger partial charge is 0.0442 e. The van der Waals surface area contributed by atoms with Crippen molar-refractivity contribution in [3.8, 4) is 0 Å². The van der Waals surface area contributed by atoms with E-state index in [9.17, 15) is 0 Å². The van der Waals surface area contributed by atoms with Crippen LogP contribution < -0.4 is 10.6 Å². The van der Waals surface area contributed by atoms with Crippen LogP contribution in [0.2, 0.25) is 0 Å². The lowest BCUT2D eigenvalue weighted by Crippen LogP contribution is -2.26. The average Bonchev–Trinajstić information content (AvgIpc) is 2.63. The van der Waals surface area contributed by atoms with Crippen molar-refractivity contribution in [3.05, 3.63) is 24.0 Å². The first kappa shape index (κ1) is 12.4. The van der Waals surface area contributed by atoms with Gasteiger partial charge in [-0.05, 0) is 31.2 Å². The lowest BCUT2D eigenvalue weighted by Gasteiger charge is -2.25. The highest BCUT2D eigenvalue weighted by Gasteiger charge is 2.17. The Balaban J connectivity index is 2.11. The number of hydrogen-bond donors (Lipinski definition) is 1. The molecule has 2 N–H and O–H groups in total. The Kier molecular flexibility index (Phi) is 4.37. The third kappa shape index (κ3) is 2.97. The topological polar surface area (TPSA) is 42.2 Å². The standard InChI is InChI=1S/C14H23N3/c1-2-12-4-3-8-17(9-6-12)14-5-7-16-11-13(14)10-15/h5,7,11-12H,2-4,6,8-10,15H2,1H3. The second kappa shape index (κ2) is 6.01. The molecule has 94 valence electrons. The Bertz CT molecular complexity index is 351. The maximum absolute atomic E-state index is 5.78. The second-order valence-electron chi connectivity index (χ2n) is 4.90. The lowest BCUT2D eigenvalue weighted by molar-refractivity contribution is 0.459. The molecule has 1 aliphatic heterocycles. The highest BCUT2D eigenvalue weighted by Crippen LogP contribution is 2.26. The molecule has 0 amide bonds. The summed E-state index contributed by atoms with van der Waals surface area (Å²) < 4.78 is 0. The molecule has 3 heteroatoms. The SMILES string of the molecule is CCC1CCCN(c2ccncc2CN)CC1. The number of pyridine rings is 1. The van der Waals surface area contributed by atoms with Crippen LogP contribution in [0, 0.1) is 5.92 Å². The monoisotopic (exact) mass is 233 g/mol. The van der Waals surface area contributed by atoms with Gasteiger partial charge in [-0.25, -0.2) is 0 Å². The molecule has 0 radical (unpaired) electrons. The van der Waals surface area contributed by atoms with E-state index in [1.165, 1.54) is 36.9 Å². The molecule has 0 spiro atoms. The van der Waals surface area contributed by atoms with Crippen LogP contribution in [-0.2, 0) is 6.54 Å². The average molecular weight is 233 g/mol. The van der Waals surface area contributed by atoms with Gasteiger partial charge < -0.3 is 10.6 Å². The fourth-order valence-corrected chi connectivity index (χ4v) is 2.70. The number of rotatable bonds is 3. The molecule has 1 aromatic rings. The van der Waals surface area contributed by atoms with E-state index in [0.717, 1.165) is 19.0 Å². The minimum Gasteiger partial charge on any atom is -0.371 e. The molecule has 17 heavy (non-hydrogen) atoms. The van der Waals surface area contributed by atoms with Crippen molar-refractivity contribution < 1.29 is 0 Å². The number of aromatic nitrogens is 1. The van der Waals surface area contributed by atoms with Gasteiger partial charge >= 0.3 is 0 Å². The van der Waals surface area contributed by atoms with Crippen LogP contribution in [-0.4, -0.2) is 18.1 Å². The van der Waals surface area contributed by atoms with Gasteiger partial charge in [-0.2, -0.15) is 0 Å². The number of hydrogen-bond acceptors (Lipinski definition) is 3. The molecule has 1 aromatic heterocycles. The molecule has 3 nitrogen and oxygen atoms in total. The molecule has 1 unspecified atom stereocenters. The Hall–Kier alpha value is -1.09. The molecule has 0 bridgehead atoms. The summed E-state index contributed by atoms with van der Waals surface area (Å²) in [6, 6.07) is 2.11. The zero-order valence-electron chi connectivity index (χ0n) is 10.7. The van der Waals surface area contributed by atoms with Gasteiger partial charge in [-0.1, -0.05) is 13.3 Å². The van der Waals surface area contributed by atoms with Crippen molar-refractivity contribution in [2.75, 3.05) is 18.0 Å². The van der Waals surface area contributed by atoms with Crippen LogP contribution in [0.4, 0.5) is 5.69 Å². The summed E-state index contributed by atoms with van der Waals surface area (Å²) in [5, 5.41) is 0. The van der Waals surface area contributed by atoms with Crippen LogP contribution in [0.3, 0.4) is 0 Å². The predicted molar refractivity (Wildman–Crippen MR) is 72.0 cm³/mol. The van der Waals surface area contributed by atoms with Crippen LogP contribution in [0.15, 0.2) is 18.5 Å². The maximum atomic E-state index is 5.78. The largest absolute Gasteiger partial charge is 0.371 e. The van der Waals surface area contributed by atoms with Gasteiger partial charge in [0.1, 0.15) is 0 Å². The highest BCUT2D eigenvalue weighted by molar-refractivity contribution is 5.52. The van der Waals surface area contributed by atoms with Gasteiger partial charge in [-0.15, -0.1) is 0 Å². The third-order valence-corrected chi connectivity index (χ3v) is 3.86. The first-order valence-electron chi connectivity index (χ1n) is 6.73. The summed E-state index contributed by atoms with van der Waals surface area (Å²) in [5.74, 6) is 0.906. The first-order valence-corrected chi connectivity index (χ1v) is 6.73. The lowest BCUT2D eigenvalue weighted by atomic mass is 9.98. The molecule has 1 atom stereocenters. The Morgan fingerprint density at radius 3 is 3.06 bits per heavy atom. The van der Waals surface area contributed by atoms with Crippen molar-refractivity contribution in [2.24, 2.45) is 11.7 Å². The Morgan fingerprint density at radius 2 is 2.29 bits per heavy atom. The minimum absolute atomic E-state index is 0.580. The van der Waals surface area contributed by atoms with Gasteiger partial charge in [0, 0.05) is 43.3 Å². The van der Waals surface area contributed by atoms with Gasteiger partial charge in [0.25, 0.3) is 0 Å². The van der Waals surface area contributed by atoms with Gasteiger partial charge in [0.05, 0.1) is 0 Å². The maximum Gasteiger partial charge on any atom is 0.0442 e. The van der Waals surface area contributed by atoms with Crippen LogP contribution in [0.25, 0.3) is 0 Å². The van der Waals surface area contributed by atoms with Crippen molar-refractivity contribution in [2.45, 2.75) is 39.2 Å². The zero-order valence-corrected chi connectivity index (χ0v) is 10.7. The second-order valence-corrected chi connectivity index (χ2v) is 4.90. The normalized spacial score (nSPS) is 21.3. The summed E-state index contributed by atoms with van der Waals surface area (Å²) in [7, 11) is 0. The molecular weight excluding hydrogens is 210 g/mol. The molecule has 1 aliphatic rings. The Morgan fingerprint density at radius 1 is 1.41 bits per heavy atom. The van der Waals surface area contributed by atoms with Crippen molar-refractivity contribution >= 4 is 5.69 Å². The van der Waals surface area contributed by atoms with E-state index >= 15 is 0 Å². The molecule has 0 aromatic carbocycles. The summed E-state index contributed by atoms with van der Waals surface area (Å²) in [6.07, 6.45) is 9.06. The van der Waals surface area contributed by atoms with Gasteiger partial charge in [0.15, 0.2) is 0 Å². The Labute approximate surface area is 104 Å². The number of anilines is 1. The first-order chi connectivity index (χ1) is 8.35. The molecular formula is C14H23N3. The summed E-state index contributed by atoms with van der Waals surface area (Å²) in [5.41, 5.74) is 8.24. The minimum atomic E-state index is 0.580. The van der Waals surface area contributed by atoms with Gasteiger partial charge in [0.2, 0.25) is 0 Å². The van der Waals surface area contributed by atoms with E-state index < -0.39 is 0 Å². The fraction of sp³-hybridized carbons (Fsp3) is 0.643. The zero-order chi connectivity index (χ0) is 12.1. The van der Waals surface area contributed by atoms with Gasteiger partial charge in [-0.3, -0.25) is 4.98 Å². The predicted octanol–water partition coefficient (Wildman–Crippen LogP) is 2.56. The molecule has 0 saturated carbocycles. The molecule has 2 rings (SSSR count). The highest BCUT2D eigenvalue weighted by atomic mass is 15.1. The summed E-state index contributed by atoms with van der Waals surface area (Å²) in [4.78, 5) is 6.64. The van der Waals surface area contributed by atoms with Crippen LogP contribution in [0.5, 0.6) is 0 Å². The van der Waals surface area contributed by atoms with E-state index in [1.807, 2.05) is 12.4 Å². The number of nitrogens with two attached hydrogens (primary N) is 1. The third-order valence-electron chi connectivity index (χ3n) is 3.86. The van der Waals surface area contributed by atoms with Crippen molar-refractivity contribution in [3.63, 3.8) is 0 Å². The molecule has 2 heterocycles. The summed E-state index contributed by atoms with van der Waals surface area (Å²) >= 11 is 0. The van der Waals surface area contributed by atoms with E-state index in [0.29, 0.717) is 6.54 Å². The van der Waals surface area contributed by atoms with Crippen LogP contribution >= 0.6 is 0 Å². The fourth-order valence-electron chi connectivity index (χ4n) is 2.70. The molecule has 0 aliphatic carbocycles. The number of nitrogens with zero attached hydrogens (tertiary/aromatic N) is 2. The molecule has 1 fully saturated rings. The van der Waals surface area contributed by atoms with Crippen molar-refractivity contribution in [1.29, 1.82) is 0 Å². The summed E-state index contributed by atoms with van der Waals surface area (Å²) in [6.45, 7) is 5.21. The van der Waals surface area contributed by atoms with E-state index in [4.69, 9.17) is 5.73 Å². The van der Waals surface area contributed by atoms with E-state index in [2.05, 4.69) is 22.9 Å². The van der Waals surface area contributed by atoms with E-state index in [1.54, 1.807) is 0 Å². The molecule has 1 saturated heterocycles. The van der Waals surface area contributed by atoms with Crippen molar-refractivity contribution in [1.82, 2.24) is 4.98 Å². The van der Waals surface area contributed by atoms with Crippen LogP contribution in [0.1, 0.15) is 38.2 Å². The quantitative estimate of drug-likeness (QED) is 0.872. The van der Waals surface area contributed by atoms with E-state index in [-0.39, 0.29) is 0 Å².